The van der Waals surface area contributed by atoms with Crippen LogP contribution < -0.4 is 9.47 Å². The van der Waals surface area contributed by atoms with Crippen LogP contribution in [0.5, 0.6) is 11.5 Å². The van der Waals surface area contributed by atoms with Crippen LogP contribution in [0, 0.1) is 0 Å². The van der Waals surface area contributed by atoms with Gasteiger partial charge in [0.25, 0.3) is 5.91 Å². The summed E-state index contributed by atoms with van der Waals surface area (Å²) in [5.41, 5.74) is 1.47. The number of carbonyl (C=O) groups excluding carboxylic acids is 1. The van der Waals surface area contributed by atoms with Crippen molar-refractivity contribution < 1.29 is 23.0 Å². The van der Waals surface area contributed by atoms with Crippen LogP contribution in [-0.2, 0) is 6.54 Å². The van der Waals surface area contributed by atoms with E-state index in [-0.39, 0.29) is 17.7 Å². The third-order valence-electron chi connectivity index (χ3n) is 4.09. The Labute approximate surface area is 145 Å². The minimum absolute atomic E-state index is 0.0414. The van der Waals surface area contributed by atoms with Crippen molar-refractivity contribution in [2.24, 2.45) is 0 Å². The number of rotatable bonds is 7. The highest BCUT2D eigenvalue weighted by Crippen LogP contribution is 2.30. The number of hydrogen-bond acceptors (Lipinski definition) is 3. The fourth-order valence-corrected chi connectivity index (χ4v) is 2.63. The average Bonchev–Trinajstić information content (AvgIpc) is 3.45. The Bertz CT molecular complexity index is 712. The molecule has 1 fully saturated rings. The largest absolute Gasteiger partial charge is 0.497 e. The number of benzene rings is 2. The molecule has 0 unspecified atom stereocenters. The fourth-order valence-electron chi connectivity index (χ4n) is 2.63. The van der Waals surface area contributed by atoms with Gasteiger partial charge in [0.2, 0.25) is 0 Å². The minimum Gasteiger partial charge on any atom is -0.497 e. The first-order valence-corrected chi connectivity index (χ1v) is 8.05. The highest BCUT2D eigenvalue weighted by atomic mass is 19.3. The Morgan fingerprint density at radius 2 is 1.68 bits per heavy atom. The molecule has 0 bridgehead atoms. The van der Waals surface area contributed by atoms with E-state index in [0.29, 0.717) is 12.1 Å². The van der Waals surface area contributed by atoms with Crippen molar-refractivity contribution in [2.75, 3.05) is 7.11 Å². The van der Waals surface area contributed by atoms with Crippen molar-refractivity contribution in [3.05, 3.63) is 59.7 Å². The molecule has 0 N–H and O–H groups in total. The van der Waals surface area contributed by atoms with Gasteiger partial charge in [0, 0.05) is 18.2 Å². The average molecular weight is 347 g/mol. The van der Waals surface area contributed by atoms with Gasteiger partial charge >= 0.3 is 6.61 Å². The zero-order valence-corrected chi connectivity index (χ0v) is 13.8. The quantitative estimate of drug-likeness (QED) is 0.757. The number of halogens is 2. The zero-order valence-electron chi connectivity index (χ0n) is 13.8. The lowest BCUT2D eigenvalue weighted by Gasteiger charge is -2.23. The normalized spacial score (nSPS) is 13.6. The van der Waals surface area contributed by atoms with E-state index in [0.717, 1.165) is 24.2 Å². The third kappa shape index (κ3) is 4.47. The van der Waals surface area contributed by atoms with Crippen LogP contribution >= 0.6 is 0 Å². The zero-order chi connectivity index (χ0) is 17.8. The number of methoxy groups -OCH3 is 1. The molecule has 0 radical (unpaired) electrons. The lowest BCUT2D eigenvalue weighted by molar-refractivity contribution is -0.0498. The van der Waals surface area contributed by atoms with Crippen molar-refractivity contribution in [3.63, 3.8) is 0 Å². The van der Waals surface area contributed by atoms with Gasteiger partial charge in [0.1, 0.15) is 11.5 Å². The van der Waals surface area contributed by atoms with E-state index in [1.807, 2.05) is 29.2 Å². The molecule has 1 amide bonds. The lowest BCUT2D eigenvalue weighted by atomic mass is 10.1. The molecule has 2 aromatic carbocycles. The first kappa shape index (κ1) is 17.2. The van der Waals surface area contributed by atoms with E-state index < -0.39 is 6.61 Å². The summed E-state index contributed by atoms with van der Waals surface area (Å²) in [6.07, 6.45) is 1.96. The molecule has 0 aromatic heterocycles. The SMILES string of the molecule is COc1ccc(CN(C(=O)c2ccc(OC(F)F)cc2)C2CC2)cc1. The number of ether oxygens (including phenoxy) is 2. The molecular weight excluding hydrogens is 328 g/mol. The Kier molecular flexibility index (Phi) is 5.16. The summed E-state index contributed by atoms with van der Waals surface area (Å²) in [5, 5.41) is 0. The van der Waals surface area contributed by atoms with Gasteiger partial charge in [-0.25, -0.2) is 0 Å². The molecule has 3 rings (SSSR count). The van der Waals surface area contributed by atoms with Gasteiger partial charge in [-0.1, -0.05) is 12.1 Å². The Balaban J connectivity index is 1.72. The summed E-state index contributed by atoms with van der Waals surface area (Å²) in [7, 11) is 1.61. The number of amides is 1. The van der Waals surface area contributed by atoms with Crippen LogP contribution in [0.25, 0.3) is 0 Å². The Morgan fingerprint density at radius 3 is 2.20 bits per heavy atom. The van der Waals surface area contributed by atoms with Crippen LogP contribution in [-0.4, -0.2) is 30.6 Å². The Hall–Kier alpha value is -2.63. The predicted octanol–water partition coefficient (Wildman–Crippen LogP) is 4.10. The van der Waals surface area contributed by atoms with Crippen molar-refractivity contribution >= 4 is 5.91 Å². The molecule has 25 heavy (non-hydrogen) atoms. The van der Waals surface area contributed by atoms with Crippen molar-refractivity contribution in [1.29, 1.82) is 0 Å². The fraction of sp³-hybridized carbons (Fsp3) is 0.316. The molecule has 132 valence electrons. The maximum atomic E-state index is 12.8. The molecule has 0 aliphatic heterocycles. The van der Waals surface area contributed by atoms with Crippen LogP contribution in [0.2, 0.25) is 0 Å². The van der Waals surface area contributed by atoms with Crippen LogP contribution in [0.3, 0.4) is 0 Å². The number of hydrogen-bond donors (Lipinski definition) is 0. The van der Waals surface area contributed by atoms with Crippen molar-refractivity contribution in [1.82, 2.24) is 4.90 Å². The molecule has 6 heteroatoms. The standard InChI is InChI=1S/C19H19F2NO3/c1-24-16-8-2-13(3-9-16)12-22(15-6-7-15)18(23)14-4-10-17(11-5-14)25-19(20)21/h2-5,8-11,15,19H,6-7,12H2,1H3. The van der Waals surface area contributed by atoms with E-state index in [9.17, 15) is 13.6 Å². The first-order chi connectivity index (χ1) is 12.1. The molecule has 0 spiro atoms. The first-order valence-electron chi connectivity index (χ1n) is 8.05. The molecule has 1 saturated carbocycles. The van der Waals surface area contributed by atoms with Crippen LogP contribution in [0.1, 0.15) is 28.8 Å². The van der Waals surface area contributed by atoms with Gasteiger partial charge < -0.3 is 14.4 Å². The van der Waals surface area contributed by atoms with Crippen LogP contribution in [0.15, 0.2) is 48.5 Å². The van der Waals surface area contributed by atoms with E-state index >= 15 is 0 Å². The molecule has 0 atom stereocenters. The number of alkyl halides is 2. The van der Waals surface area contributed by atoms with E-state index in [2.05, 4.69) is 4.74 Å². The second-order valence-corrected chi connectivity index (χ2v) is 5.92. The second-order valence-electron chi connectivity index (χ2n) is 5.92. The van der Waals surface area contributed by atoms with Gasteiger partial charge in [-0.3, -0.25) is 4.79 Å². The smallest absolute Gasteiger partial charge is 0.387 e. The van der Waals surface area contributed by atoms with Gasteiger partial charge in [-0.15, -0.1) is 0 Å². The molecule has 0 saturated heterocycles. The maximum absolute atomic E-state index is 12.8. The van der Waals surface area contributed by atoms with Crippen molar-refractivity contribution in [2.45, 2.75) is 32.0 Å². The second kappa shape index (κ2) is 7.51. The summed E-state index contributed by atoms with van der Waals surface area (Å²) < 4.78 is 33.9. The van der Waals surface area contributed by atoms with E-state index in [1.165, 1.54) is 24.3 Å². The summed E-state index contributed by atoms with van der Waals surface area (Å²) in [6.45, 7) is -2.37. The number of nitrogens with zero attached hydrogens (tertiary/aromatic N) is 1. The highest BCUT2D eigenvalue weighted by molar-refractivity contribution is 5.94. The maximum Gasteiger partial charge on any atom is 0.387 e. The summed E-state index contributed by atoms with van der Waals surface area (Å²) in [5.74, 6) is 0.698. The topological polar surface area (TPSA) is 38.8 Å². The molecule has 1 aliphatic rings. The van der Waals surface area contributed by atoms with Gasteiger partial charge in [0.15, 0.2) is 0 Å². The Morgan fingerprint density at radius 1 is 1.08 bits per heavy atom. The molecule has 0 heterocycles. The van der Waals surface area contributed by atoms with Gasteiger partial charge in [0.05, 0.1) is 7.11 Å². The molecule has 4 nitrogen and oxygen atoms in total. The lowest BCUT2D eigenvalue weighted by Crippen LogP contribution is -2.32. The van der Waals surface area contributed by atoms with Gasteiger partial charge in [-0.05, 0) is 54.8 Å². The molecule has 2 aromatic rings. The predicted molar refractivity (Wildman–Crippen MR) is 89.0 cm³/mol. The minimum atomic E-state index is -2.88. The molecule has 1 aliphatic carbocycles. The van der Waals surface area contributed by atoms with E-state index in [4.69, 9.17) is 4.74 Å². The van der Waals surface area contributed by atoms with E-state index in [1.54, 1.807) is 7.11 Å². The summed E-state index contributed by atoms with van der Waals surface area (Å²) >= 11 is 0. The van der Waals surface area contributed by atoms with Gasteiger partial charge in [-0.2, -0.15) is 8.78 Å². The third-order valence-corrected chi connectivity index (χ3v) is 4.09. The highest BCUT2D eigenvalue weighted by Gasteiger charge is 2.33. The monoisotopic (exact) mass is 347 g/mol. The molecular formula is C19H19F2NO3. The summed E-state index contributed by atoms with van der Waals surface area (Å²) in [6, 6.07) is 13.6. The van der Waals surface area contributed by atoms with Crippen LogP contribution in [0.4, 0.5) is 8.78 Å². The number of carbonyl (C=O) groups is 1. The summed E-state index contributed by atoms with van der Waals surface area (Å²) in [4.78, 5) is 14.6. The van der Waals surface area contributed by atoms with Crippen molar-refractivity contribution in [3.8, 4) is 11.5 Å².